The van der Waals surface area contributed by atoms with Crippen molar-refractivity contribution in [1.29, 1.82) is 0 Å². The molecule has 21 heavy (non-hydrogen) atoms. The summed E-state index contributed by atoms with van der Waals surface area (Å²) in [6.07, 6.45) is 0. The molecule has 0 fully saturated rings. The number of methoxy groups -OCH3 is 1. The van der Waals surface area contributed by atoms with Crippen LogP contribution in [0.5, 0.6) is 5.75 Å². The van der Waals surface area contributed by atoms with E-state index in [1.165, 1.54) is 5.56 Å². The van der Waals surface area contributed by atoms with Gasteiger partial charge in [-0.25, -0.2) is 9.97 Å². The van der Waals surface area contributed by atoms with Crippen molar-refractivity contribution in [2.24, 2.45) is 0 Å². The largest absolute Gasteiger partial charge is 0.496 e. The molecular formula is C17H18N2OS. The fourth-order valence-electron chi connectivity index (χ4n) is 2.25. The van der Waals surface area contributed by atoms with E-state index >= 15 is 0 Å². The van der Waals surface area contributed by atoms with E-state index in [4.69, 9.17) is 9.72 Å². The maximum absolute atomic E-state index is 5.52. The third kappa shape index (κ3) is 2.63. The van der Waals surface area contributed by atoms with Gasteiger partial charge in [-0.05, 0) is 30.5 Å². The van der Waals surface area contributed by atoms with Crippen LogP contribution in [0.3, 0.4) is 0 Å². The minimum Gasteiger partial charge on any atom is -0.496 e. The number of rotatable bonds is 3. The Labute approximate surface area is 128 Å². The molecule has 3 rings (SSSR count). The smallest absolute Gasteiger partial charge is 0.142 e. The zero-order chi connectivity index (χ0) is 15.0. The van der Waals surface area contributed by atoms with Gasteiger partial charge in [0.05, 0.1) is 18.3 Å². The van der Waals surface area contributed by atoms with Gasteiger partial charge in [0, 0.05) is 16.8 Å². The molecule has 0 spiro atoms. The fraction of sp³-hybridized carbons (Fsp3) is 0.294. The Hall–Kier alpha value is -1.94. The maximum atomic E-state index is 5.52. The second-order valence-electron chi connectivity index (χ2n) is 5.46. The maximum Gasteiger partial charge on any atom is 0.142 e. The van der Waals surface area contributed by atoms with Crippen molar-refractivity contribution in [2.75, 3.05) is 7.11 Å². The van der Waals surface area contributed by atoms with Gasteiger partial charge in [-0.1, -0.05) is 19.9 Å². The zero-order valence-corrected chi connectivity index (χ0v) is 13.5. The van der Waals surface area contributed by atoms with Gasteiger partial charge in [0.2, 0.25) is 0 Å². The van der Waals surface area contributed by atoms with Gasteiger partial charge in [-0.3, -0.25) is 0 Å². The minimum absolute atomic E-state index is 0.430. The lowest BCUT2D eigenvalue weighted by atomic mass is 10.1. The quantitative estimate of drug-likeness (QED) is 0.696. The first-order valence-corrected chi connectivity index (χ1v) is 7.87. The number of benzene rings is 1. The van der Waals surface area contributed by atoms with Gasteiger partial charge in [0.15, 0.2) is 0 Å². The SMILES string of the molecule is COc1cc(-c2nc(C(C)C)cs2)nc2cc(C)ccc12. The summed E-state index contributed by atoms with van der Waals surface area (Å²) in [6, 6.07) is 8.19. The second kappa shape index (κ2) is 5.45. The number of hydrogen-bond acceptors (Lipinski definition) is 4. The van der Waals surface area contributed by atoms with Crippen LogP contribution in [-0.2, 0) is 0 Å². The van der Waals surface area contributed by atoms with Crippen molar-refractivity contribution >= 4 is 22.2 Å². The van der Waals surface area contributed by atoms with E-state index in [0.29, 0.717) is 5.92 Å². The lowest BCUT2D eigenvalue weighted by Gasteiger charge is -2.08. The standard InChI is InChI=1S/C17H18N2OS/c1-10(2)15-9-21-17(19-15)14-8-16(20-4)12-6-5-11(3)7-13(12)18-14/h5-10H,1-4H3. The zero-order valence-electron chi connectivity index (χ0n) is 12.7. The molecule has 1 aromatic carbocycles. The van der Waals surface area contributed by atoms with E-state index in [1.807, 2.05) is 6.07 Å². The first-order chi connectivity index (χ1) is 10.1. The Balaban J connectivity index is 2.17. The molecule has 2 heterocycles. The topological polar surface area (TPSA) is 35.0 Å². The average Bonchev–Trinajstić information content (AvgIpc) is 2.95. The lowest BCUT2D eigenvalue weighted by Crippen LogP contribution is -1.92. The molecule has 0 aliphatic carbocycles. The molecule has 108 valence electrons. The summed E-state index contributed by atoms with van der Waals surface area (Å²) in [5.41, 5.74) is 4.13. The molecule has 3 aromatic rings. The molecule has 0 bridgehead atoms. The molecule has 3 nitrogen and oxygen atoms in total. The Morgan fingerprint density at radius 2 is 1.95 bits per heavy atom. The van der Waals surface area contributed by atoms with E-state index in [1.54, 1.807) is 18.4 Å². The summed E-state index contributed by atoms with van der Waals surface area (Å²) in [5, 5.41) is 4.09. The molecule has 4 heteroatoms. The number of aromatic nitrogens is 2. The highest BCUT2D eigenvalue weighted by Crippen LogP contribution is 2.32. The van der Waals surface area contributed by atoms with Crippen molar-refractivity contribution in [1.82, 2.24) is 9.97 Å². The first kappa shape index (κ1) is 14.0. The van der Waals surface area contributed by atoms with E-state index in [0.717, 1.165) is 33.0 Å². The number of ether oxygens (including phenoxy) is 1. The molecule has 0 saturated heterocycles. The predicted molar refractivity (Wildman–Crippen MR) is 88.2 cm³/mol. The van der Waals surface area contributed by atoms with E-state index in [9.17, 15) is 0 Å². The first-order valence-electron chi connectivity index (χ1n) is 6.99. The van der Waals surface area contributed by atoms with Gasteiger partial charge in [0.1, 0.15) is 16.5 Å². The highest BCUT2D eigenvalue weighted by Gasteiger charge is 2.12. The molecule has 0 atom stereocenters. The lowest BCUT2D eigenvalue weighted by molar-refractivity contribution is 0.419. The van der Waals surface area contributed by atoms with Gasteiger partial charge in [-0.2, -0.15) is 0 Å². The van der Waals surface area contributed by atoms with Crippen LogP contribution in [0.1, 0.15) is 31.0 Å². The third-order valence-corrected chi connectivity index (χ3v) is 4.36. The van der Waals surface area contributed by atoms with Gasteiger partial charge >= 0.3 is 0 Å². The summed E-state index contributed by atoms with van der Waals surface area (Å²) >= 11 is 1.63. The highest BCUT2D eigenvalue weighted by molar-refractivity contribution is 7.13. The average molecular weight is 298 g/mol. The van der Waals surface area contributed by atoms with Crippen LogP contribution >= 0.6 is 11.3 Å². The van der Waals surface area contributed by atoms with E-state index in [2.05, 4.69) is 49.3 Å². The van der Waals surface area contributed by atoms with Crippen LogP contribution in [0.2, 0.25) is 0 Å². The molecular weight excluding hydrogens is 280 g/mol. The van der Waals surface area contributed by atoms with Crippen LogP contribution in [0.15, 0.2) is 29.6 Å². The van der Waals surface area contributed by atoms with Crippen molar-refractivity contribution in [2.45, 2.75) is 26.7 Å². The Morgan fingerprint density at radius 1 is 1.14 bits per heavy atom. The molecule has 0 aliphatic rings. The summed E-state index contributed by atoms with van der Waals surface area (Å²) in [5.74, 6) is 1.27. The third-order valence-electron chi connectivity index (χ3n) is 3.48. The molecule has 0 N–H and O–H groups in total. The Morgan fingerprint density at radius 3 is 2.62 bits per heavy atom. The van der Waals surface area contributed by atoms with E-state index < -0.39 is 0 Å². The summed E-state index contributed by atoms with van der Waals surface area (Å²) in [4.78, 5) is 9.44. The normalized spacial score (nSPS) is 11.3. The number of aryl methyl sites for hydroxylation is 1. The van der Waals surface area contributed by atoms with Crippen molar-refractivity contribution < 1.29 is 4.74 Å². The molecule has 0 saturated carbocycles. The predicted octanol–water partition coefficient (Wildman–Crippen LogP) is 4.80. The van der Waals surface area contributed by atoms with E-state index in [-0.39, 0.29) is 0 Å². The number of fused-ring (bicyclic) bond motifs is 1. The van der Waals surface area contributed by atoms with Gasteiger partial charge < -0.3 is 4.74 Å². The summed E-state index contributed by atoms with van der Waals surface area (Å²) in [6.45, 7) is 6.37. The summed E-state index contributed by atoms with van der Waals surface area (Å²) in [7, 11) is 1.69. The molecule has 2 aromatic heterocycles. The van der Waals surface area contributed by atoms with Gasteiger partial charge in [-0.15, -0.1) is 11.3 Å². The van der Waals surface area contributed by atoms with Crippen molar-refractivity contribution in [3.05, 3.63) is 40.9 Å². The summed E-state index contributed by atoms with van der Waals surface area (Å²) < 4.78 is 5.52. The van der Waals surface area contributed by atoms with Crippen LogP contribution in [-0.4, -0.2) is 17.1 Å². The van der Waals surface area contributed by atoms with Gasteiger partial charge in [0.25, 0.3) is 0 Å². The molecule has 0 amide bonds. The number of nitrogens with zero attached hydrogens (tertiary/aromatic N) is 2. The Kier molecular flexibility index (Phi) is 3.64. The molecule has 0 unspecified atom stereocenters. The highest BCUT2D eigenvalue weighted by atomic mass is 32.1. The van der Waals surface area contributed by atoms with Crippen LogP contribution < -0.4 is 4.74 Å². The monoisotopic (exact) mass is 298 g/mol. The minimum atomic E-state index is 0.430. The fourth-order valence-corrected chi connectivity index (χ4v) is 3.19. The molecule has 0 radical (unpaired) electrons. The van der Waals surface area contributed by atoms with Crippen LogP contribution in [0.4, 0.5) is 0 Å². The van der Waals surface area contributed by atoms with Crippen molar-refractivity contribution in [3.8, 4) is 16.5 Å². The number of hydrogen-bond donors (Lipinski definition) is 0. The molecule has 0 aliphatic heterocycles. The van der Waals surface area contributed by atoms with Crippen LogP contribution in [0.25, 0.3) is 21.6 Å². The number of pyridine rings is 1. The number of thiazole rings is 1. The Bertz CT molecular complexity index is 793. The van der Waals surface area contributed by atoms with Crippen molar-refractivity contribution in [3.63, 3.8) is 0 Å². The second-order valence-corrected chi connectivity index (χ2v) is 6.32. The van der Waals surface area contributed by atoms with Crippen LogP contribution in [0, 0.1) is 6.92 Å².